The Morgan fingerprint density at radius 1 is 1.26 bits per heavy atom. The number of benzene rings is 1. The zero-order chi connectivity index (χ0) is 13.9. The molecule has 0 aliphatic carbocycles. The van der Waals surface area contributed by atoms with E-state index in [1.165, 1.54) is 11.5 Å². The number of aliphatic hydroxyl groups is 1. The number of rotatable bonds is 4. The van der Waals surface area contributed by atoms with Crippen LogP contribution in [0.25, 0.3) is 11.4 Å². The molecule has 0 saturated heterocycles. The Morgan fingerprint density at radius 2 is 1.95 bits per heavy atom. The predicted octanol–water partition coefficient (Wildman–Crippen LogP) is 3.02. The van der Waals surface area contributed by atoms with Crippen LogP contribution in [0.3, 0.4) is 0 Å². The first-order valence-electron chi connectivity index (χ1n) is 6.28. The van der Waals surface area contributed by atoms with E-state index in [1.807, 2.05) is 51.1 Å². The van der Waals surface area contributed by atoms with E-state index in [1.54, 1.807) is 0 Å². The second-order valence-electron chi connectivity index (χ2n) is 5.55. The fraction of sp³-hybridized carbons (Fsp3) is 0.429. The lowest BCUT2D eigenvalue weighted by Gasteiger charge is -2.25. The first-order chi connectivity index (χ1) is 8.97. The summed E-state index contributed by atoms with van der Waals surface area (Å²) in [6, 6.07) is 9.86. The molecule has 0 saturated carbocycles. The van der Waals surface area contributed by atoms with Crippen LogP contribution in [-0.4, -0.2) is 27.1 Å². The van der Waals surface area contributed by atoms with Gasteiger partial charge in [-0.2, -0.15) is 9.36 Å². The molecule has 0 bridgehead atoms. The third kappa shape index (κ3) is 3.75. The molecule has 0 fully saturated rings. The van der Waals surface area contributed by atoms with Crippen LogP contribution in [0.1, 0.15) is 20.8 Å². The summed E-state index contributed by atoms with van der Waals surface area (Å²) < 4.78 is 4.31. The minimum absolute atomic E-state index is 0.139. The minimum Gasteiger partial charge on any atom is -0.391 e. The first-order valence-corrected chi connectivity index (χ1v) is 7.05. The molecule has 0 amide bonds. The van der Waals surface area contributed by atoms with Crippen molar-refractivity contribution in [3.63, 3.8) is 0 Å². The molecule has 102 valence electrons. The molecule has 19 heavy (non-hydrogen) atoms. The van der Waals surface area contributed by atoms with E-state index in [9.17, 15) is 5.11 Å². The van der Waals surface area contributed by atoms with Gasteiger partial charge >= 0.3 is 0 Å². The van der Waals surface area contributed by atoms with Gasteiger partial charge in [0.15, 0.2) is 5.82 Å². The number of anilines is 1. The maximum Gasteiger partial charge on any atom is 0.202 e. The maximum absolute atomic E-state index is 9.96. The van der Waals surface area contributed by atoms with Crippen LogP contribution in [-0.2, 0) is 0 Å². The molecule has 0 aliphatic rings. The molecule has 1 heterocycles. The van der Waals surface area contributed by atoms with E-state index < -0.39 is 6.10 Å². The van der Waals surface area contributed by atoms with Crippen LogP contribution in [0.4, 0.5) is 5.13 Å². The lowest BCUT2D eigenvalue weighted by atomic mass is 9.89. The molecule has 1 atom stereocenters. The molecule has 1 unspecified atom stereocenters. The summed E-state index contributed by atoms with van der Waals surface area (Å²) in [5, 5.41) is 13.8. The molecular weight excluding hydrogens is 258 g/mol. The lowest BCUT2D eigenvalue weighted by molar-refractivity contribution is 0.0746. The van der Waals surface area contributed by atoms with Crippen molar-refractivity contribution in [1.29, 1.82) is 0 Å². The van der Waals surface area contributed by atoms with E-state index in [4.69, 9.17) is 0 Å². The molecule has 0 radical (unpaired) electrons. The van der Waals surface area contributed by atoms with Gasteiger partial charge in [-0.3, -0.25) is 0 Å². The lowest BCUT2D eigenvalue weighted by Crippen LogP contribution is -2.32. The van der Waals surface area contributed by atoms with Crippen LogP contribution in [0.15, 0.2) is 30.3 Å². The smallest absolute Gasteiger partial charge is 0.202 e. The van der Waals surface area contributed by atoms with Gasteiger partial charge < -0.3 is 10.4 Å². The average molecular weight is 277 g/mol. The molecule has 1 aromatic carbocycles. The van der Waals surface area contributed by atoms with Crippen LogP contribution >= 0.6 is 11.5 Å². The average Bonchev–Trinajstić information content (AvgIpc) is 2.84. The van der Waals surface area contributed by atoms with Gasteiger partial charge in [0.25, 0.3) is 0 Å². The van der Waals surface area contributed by atoms with E-state index >= 15 is 0 Å². The Hall–Kier alpha value is -1.46. The first kappa shape index (κ1) is 14.0. The standard InChI is InChI=1S/C14H19N3OS/c1-14(2,3)11(18)9-15-13-16-12(17-19-13)10-7-5-4-6-8-10/h4-8,11,18H,9H2,1-3H3,(H,15,16,17). The zero-order valence-corrected chi connectivity index (χ0v) is 12.2. The van der Waals surface area contributed by atoms with Crippen LogP contribution in [0, 0.1) is 5.41 Å². The van der Waals surface area contributed by atoms with E-state index in [0.29, 0.717) is 6.54 Å². The maximum atomic E-state index is 9.96. The molecule has 0 spiro atoms. The van der Waals surface area contributed by atoms with Crippen molar-refractivity contribution in [2.75, 3.05) is 11.9 Å². The number of nitrogens with one attached hydrogen (secondary N) is 1. The summed E-state index contributed by atoms with van der Waals surface area (Å²) in [5.41, 5.74) is 0.864. The second kappa shape index (κ2) is 5.67. The van der Waals surface area contributed by atoms with Gasteiger partial charge in [0.05, 0.1) is 6.10 Å². The minimum atomic E-state index is -0.420. The number of nitrogens with zero attached hydrogens (tertiary/aromatic N) is 2. The van der Waals surface area contributed by atoms with Crippen molar-refractivity contribution in [2.45, 2.75) is 26.9 Å². The largest absolute Gasteiger partial charge is 0.391 e. The van der Waals surface area contributed by atoms with Crippen molar-refractivity contribution in [1.82, 2.24) is 9.36 Å². The molecule has 4 nitrogen and oxygen atoms in total. The Balaban J connectivity index is 1.99. The van der Waals surface area contributed by atoms with Gasteiger partial charge in [0, 0.05) is 23.6 Å². The van der Waals surface area contributed by atoms with Crippen LogP contribution < -0.4 is 5.32 Å². The fourth-order valence-electron chi connectivity index (χ4n) is 1.49. The summed E-state index contributed by atoms with van der Waals surface area (Å²) in [5.74, 6) is 0.721. The highest BCUT2D eigenvalue weighted by molar-refractivity contribution is 7.09. The number of hydrogen-bond acceptors (Lipinski definition) is 5. The Kier molecular flexibility index (Phi) is 4.17. The Labute approximate surface area is 117 Å². The van der Waals surface area contributed by atoms with Gasteiger partial charge in [0.1, 0.15) is 0 Å². The van der Waals surface area contributed by atoms with Crippen molar-refractivity contribution >= 4 is 16.7 Å². The number of hydrogen-bond donors (Lipinski definition) is 2. The van der Waals surface area contributed by atoms with Gasteiger partial charge in [0.2, 0.25) is 5.13 Å². The van der Waals surface area contributed by atoms with Gasteiger partial charge in [-0.05, 0) is 5.41 Å². The second-order valence-corrected chi connectivity index (χ2v) is 6.30. The normalized spacial score (nSPS) is 13.3. The highest BCUT2D eigenvalue weighted by Crippen LogP contribution is 2.22. The molecule has 2 rings (SSSR count). The van der Waals surface area contributed by atoms with Crippen molar-refractivity contribution in [2.24, 2.45) is 5.41 Å². The predicted molar refractivity (Wildman–Crippen MR) is 79.3 cm³/mol. The molecular formula is C14H19N3OS. The highest BCUT2D eigenvalue weighted by atomic mass is 32.1. The third-order valence-corrected chi connectivity index (χ3v) is 3.58. The summed E-state index contributed by atoms with van der Waals surface area (Å²) in [7, 11) is 0. The van der Waals surface area contributed by atoms with E-state index in [2.05, 4.69) is 14.7 Å². The van der Waals surface area contributed by atoms with E-state index in [-0.39, 0.29) is 5.41 Å². The molecule has 2 aromatic rings. The molecule has 2 N–H and O–H groups in total. The highest BCUT2D eigenvalue weighted by Gasteiger charge is 2.22. The van der Waals surface area contributed by atoms with Crippen molar-refractivity contribution in [3.05, 3.63) is 30.3 Å². The number of aliphatic hydroxyl groups excluding tert-OH is 1. The quantitative estimate of drug-likeness (QED) is 0.902. The van der Waals surface area contributed by atoms with Gasteiger partial charge in [-0.25, -0.2) is 0 Å². The Bertz CT molecular complexity index is 519. The molecule has 0 aliphatic heterocycles. The fourth-order valence-corrected chi connectivity index (χ4v) is 2.08. The molecule has 1 aromatic heterocycles. The Morgan fingerprint density at radius 3 is 2.58 bits per heavy atom. The molecule has 5 heteroatoms. The third-order valence-electron chi connectivity index (χ3n) is 2.90. The zero-order valence-electron chi connectivity index (χ0n) is 11.4. The summed E-state index contributed by atoms with van der Waals surface area (Å²) in [6.45, 7) is 6.51. The van der Waals surface area contributed by atoms with Crippen molar-refractivity contribution < 1.29 is 5.11 Å². The number of aromatic nitrogens is 2. The van der Waals surface area contributed by atoms with Crippen LogP contribution in [0.5, 0.6) is 0 Å². The van der Waals surface area contributed by atoms with Gasteiger partial charge in [-0.1, -0.05) is 51.1 Å². The monoisotopic (exact) mass is 277 g/mol. The van der Waals surface area contributed by atoms with E-state index in [0.717, 1.165) is 16.5 Å². The van der Waals surface area contributed by atoms with Gasteiger partial charge in [-0.15, -0.1) is 0 Å². The summed E-state index contributed by atoms with van der Waals surface area (Å²) in [6.07, 6.45) is -0.420. The SMILES string of the molecule is CC(C)(C)C(O)CNc1nc(-c2ccccc2)ns1. The topological polar surface area (TPSA) is 58.0 Å². The van der Waals surface area contributed by atoms with Crippen LogP contribution in [0.2, 0.25) is 0 Å². The van der Waals surface area contributed by atoms with Crippen molar-refractivity contribution in [3.8, 4) is 11.4 Å². The summed E-state index contributed by atoms with van der Waals surface area (Å²) >= 11 is 1.31. The summed E-state index contributed by atoms with van der Waals surface area (Å²) in [4.78, 5) is 4.42.